The number of hydrogen-bond donors (Lipinski definition) is 1. The van der Waals surface area contributed by atoms with Gasteiger partial charge in [-0.15, -0.1) is 0 Å². The van der Waals surface area contributed by atoms with Crippen LogP contribution in [0.15, 0.2) is 48.5 Å². The van der Waals surface area contributed by atoms with Gasteiger partial charge < -0.3 is 14.8 Å². The zero-order valence-electron chi connectivity index (χ0n) is 17.6. The SMILES string of the molecule is Cc1cc(C(=O)NCc2cccc(OCCN3CCOCC3)c2)c2ccc(F)cc2n1. The number of pyridine rings is 1. The third-order valence-electron chi connectivity index (χ3n) is 5.28. The maximum absolute atomic E-state index is 13.5. The zero-order valence-corrected chi connectivity index (χ0v) is 17.6. The standard InChI is InChI=1S/C24H26FN3O3/c1-17-13-22(21-6-5-19(25)15-23(21)27-17)24(29)26-16-18-3-2-4-20(14-18)31-12-9-28-7-10-30-11-8-28/h2-6,13-15H,7-12,16H2,1H3,(H,26,29). The predicted molar refractivity (Wildman–Crippen MR) is 117 cm³/mol. The molecule has 31 heavy (non-hydrogen) atoms. The van der Waals surface area contributed by atoms with Crippen molar-refractivity contribution in [2.75, 3.05) is 39.5 Å². The molecule has 1 fully saturated rings. The minimum Gasteiger partial charge on any atom is -0.492 e. The number of nitrogens with one attached hydrogen (secondary N) is 1. The van der Waals surface area contributed by atoms with E-state index in [4.69, 9.17) is 9.47 Å². The lowest BCUT2D eigenvalue weighted by Gasteiger charge is -2.26. The first kappa shape index (κ1) is 21.2. The Balaban J connectivity index is 1.36. The van der Waals surface area contributed by atoms with Crippen molar-refractivity contribution in [2.45, 2.75) is 13.5 Å². The highest BCUT2D eigenvalue weighted by atomic mass is 19.1. The summed E-state index contributed by atoms with van der Waals surface area (Å²) in [4.78, 5) is 19.5. The van der Waals surface area contributed by atoms with E-state index >= 15 is 0 Å². The lowest BCUT2D eigenvalue weighted by Crippen LogP contribution is -2.38. The molecular formula is C24H26FN3O3. The molecule has 1 aliphatic heterocycles. The summed E-state index contributed by atoms with van der Waals surface area (Å²) >= 11 is 0. The number of benzene rings is 2. The molecule has 0 unspecified atom stereocenters. The Kier molecular flexibility index (Phi) is 6.74. The van der Waals surface area contributed by atoms with E-state index in [0.29, 0.717) is 35.3 Å². The van der Waals surface area contributed by atoms with E-state index < -0.39 is 0 Å². The van der Waals surface area contributed by atoms with E-state index in [1.165, 1.54) is 12.1 Å². The van der Waals surface area contributed by atoms with Crippen LogP contribution in [0.2, 0.25) is 0 Å². The molecule has 0 atom stereocenters. The van der Waals surface area contributed by atoms with Crippen LogP contribution in [0, 0.1) is 12.7 Å². The minimum atomic E-state index is -0.373. The van der Waals surface area contributed by atoms with Crippen molar-refractivity contribution < 1.29 is 18.7 Å². The number of halogens is 1. The quantitative estimate of drug-likeness (QED) is 0.632. The molecule has 6 nitrogen and oxygen atoms in total. The van der Waals surface area contributed by atoms with Crippen molar-refractivity contribution in [1.29, 1.82) is 0 Å². The number of aromatic nitrogens is 1. The van der Waals surface area contributed by atoms with Gasteiger partial charge in [0.2, 0.25) is 0 Å². The molecule has 3 aromatic rings. The van der Waals surface area contributed by atoms with E-state index in [1.54, 1.807) is 19.1 Å². The lowest BCUT2D eigenvalue weighted by atomic mass is 10.1. The number of rotatable bonds is 7. The summed E-state index contributed by atoms with van der Waals surface area (Å²) in [7, 11) is 0. The number of amides is 1. The molecular weight excluding hydrogens is 397 g/mol. The minimum absolute atomic E-state index is 0.222. The predicted octanol–water partition coefficient (Wildman–Crippen LogP) is 3.32. The fourth-order valence-electron chi connectivity index (χ4n) is 3.66. The van der Waals surface area contributed by atoms with Gasteiger partial charge in [-0.2, -0.15) is 0 Å². The molecule has 1 aromatic heterocycles. The second kappa shape index (κ2) is 9.85. The molecule has 0 radical (unpaired) electrons. The molecule has 0 saturated carbocycles. The fraction of sp³-hybridized carbons (Fsp3) is 0.333. The van der Waals surface area contributed by atoms with Gasteiger partial charge in [-0.1, -0.05) is 12.1 Å². The third-order valence-corrected chi connectivity index (χ3v) is 5.28. The summed E-state index contributed by atoms with van der Waals surface area (Å²) in [6.07, 6.45) is 0. The van der Waals surface area contributed by atoms with Gasteiger partial charge in [-0.3, -0.25) is 14.7 Å². The van der Waals surface area contributed by atoms with Crippen LogP contribution in [-0.4, -0.2) is 55.2 Å². The highest BCUT2D eigenvalue weighted by Gasteiger charge is 2.13. The van der Waals surface area contributed by atoms with Crippen molar-refractivity contribution in [3.8, 4) is 5.75 Å². The second-order valence-electron chi connectivity index (χ2n) is 7.61. The number of morpholine rings is 1. The normalized spacial score (nSPS) is 14.5. The highest BCUT2D eigenvalue weighted by Crippen LogP contribution is 2.20. The van der Waals surface area contributed by atoms with E-state index in [2.05, 4.69) is 15.2 Å². The van der Waals surface area contributed by atoms with Gasteiger partial charge in [0.05, 0.1) is 24.3 Å². The molecule has 0 aliphatic carbocycles. The number of carbonyl (C=O) groups excluding carboxylic acids is 1. The van der Waals surface area contributed by atoms with Crippen LogP contribution in [0.4, 0.5) is 4.39 Å². The molecule has 1 N–H and O–H groups in total. The summed E-state index contributed by atoms with van der Waals surface area (Å²) in [6, 6.07) is 13.7. The van der Waals surface area contributed by atoms with Crippen LogP contribution in [0.3, 0.4) is 0 Å². The molecule has 2 aromatic carbocycles. The van der Waals surface area contributed by atoms with Crippen LogP contribution in [-0.2, 0) is 11.3 Å². The van der Waals surface area contributed by atoms with Crippen LogP contribution in [0.5, 0.6) is 5.75 Å². The first-order valence-corrected chi connectivity index (χ1v) is 10.5. The largest absolute Gasteiger partial charge is 0.492 e. The van der Waals surface area contributed by atoms with Crippen molar-refractivity contribution in [1.82, 2.24) is 15.2 Å². The number of fused-ring (bicyclic) bond motifs is 1. The van der Waals surface area contributed by atoms with Gasteiger partial charge in [0, 0.05) is 43.3 Å². The Labute approximate surface area is 181 Å². The second-order valence-corrected chi connectivity index (χ2v) is 7.61. The Morgan fingerprint density at radius 2 is 2.03 bits per heavy atom. The van der Waals surface area contributed by atoms with E-state index in [-0.39, 0.29) is 11.7 Å². The molecule has 7 heteroatoms. The Morgan fingerprint density at radius 3 is 2.87 bits per heavy atom. The average molecular weight is 423 g/mol. The topological polar surface area (TPSA) is 63.7 Å². The van der Waals surface area contributed by atoms with E-state index in [0.717, 1.165) is 44.2 Å². The van der Waals surface area contributed by atoms with Gasteiger partial charge >= 0.3 is 0 Å². The summed E-state index contributed by atoms with van der Waals surface area (Å²) in [5.74, 6) is 0.184. The molecule has 1 saturated heterocycles. The zero-order chi connectivity index (χ0) is 21.6. The van der Waals surface area contributed by atoms with Crippen molar-refractivity contribution in [3.05, 3.63) is 71.2 Å². The van der Waals surface area contributed by atoms with Gasteiger partial charge in [0.15, 0.2) is 0 Å². The monoisotopic (exact) mass is 423 g/mol. The Bertz CT molecular complexity index is 1060. The maximum atomic E-state index is 13.5. The number of ether oxygens (including phenoxy) is 2. The van der Waals surface area contributed by atoms with Crippen molar-refractivity contribution in [3.63, 3.8) is 0 Å². The first-order chi connectivity index (χ1) is 15.1. The molecule has 1 amide bonds. The van der Waals surface area contributed by atoms with Gasteiger partial charge in [0.25, 0.3) is 5.91 Å². The molecule has 4 rings (SSSR count). The smallest absolute Gasteiger partial charge is 0.252 e. The molecule has 0 spiro atoms. The van der Waals surface area contributed by atoms with Gasteiger partial charge in [-0.25, -0.2) is 4.39 Å². The van der Waals surface area contributed by atoms with Crippen LogP contribution < -0.4 is 10.1 Å². The van der Waals surface area contributed by atoms with Crippen molar-refractivity contribution in [2.24, 2.45) is 0 Å². The van der Waals surface area contributed by atoms with Crippen LogP contribution in [0.1, 0.15) is 21.6 Å². The Hall–Kier alpha value is -3.03. The summed E-state index contributed by atoms with van der Waals surface area (Å²) in [6.45, 7) is 7.04. The van der Waals surface area contributed by atoms with E-state index in [9.17, 15) is 9.18 Å². The molecule has 0 bridgehead atoms. The van der Waals surface area contributed by atoms with Gasteiger partial charge in [0.1, 0.15) is 18.2 Å². The first-order valence-electron chi connectivity index (χ1n) is 10.5. The van der Waals surface area contributed by atoms with Crippen LogP contribution >= 0.6 is 0 Å². The fourth-order valence-corrected chi connectivity index (χ4v) is 3.66. The summed E-state index contributed by atoms with van der Waals surface area (Å²) in [5.41, 5.74) is 2.57. The highest BCUT2D eigenvalue weighted by molar-refractivity contribution is 6.06. The Morgan fingerprint density at radius 1 is 1.19 bits per heavy atom. The average Bonchev–Trinajstić information content (AvgIpc) is 2.77. The van der Waals surface area contributed by atoms with E-state index in [1.807, 2.05) is 24.3 Å². The number of hydrogen-bond acceptors (Lipinski definition) is 5. The maximum Gasteiger partial charge on any atom is 0.252 e. The van der Waals surface area contributed by atoms with Gasteiger partial charge in [-0.05, 0) is 42.8 Å². The number of aryl methyl sites for hydroxylation is 1. The lowest BCUT2D eigenvalue weighted by molar-refractivity contribution is 0.0322. The molecule has 2 heterocycles. The molecule has 1 aliphatic rings. The van der Waals surface area contributed by atoms with Crippen molar-refractivity contribution >= 4 is 16.8 Å². The number of nitrogens with zero attached hydrogens (tertiary/aromatic N) is 2. The summed E-state index contributed by atoms with van der Waals surface area (Å²) in [5, 5.41) is 3.58. The number of carbonyl (C=O) groups is 1. The summed E-state index contributed by atoms with van der Waals surface area (Å²) < 4.78 is 24.8. The molecule has 162 valence electrons. The third kappa shape index (κ3) is 5.57. The van der Waals surface area contributed by atoms with Crippen LogP contribution in [0.25, 0.3) is 10.9 Å².